The summed E-state index contributed by atoms with van der Waals surface area (Å²) >= 11 is 0. The Kier molecular flexibility index (Phi) is 2.46. The molecular formula is C17H15N3. The van der Waals surface area contributed by atoms with E-state index in [1.54, 1.807) is 0 Å². The van der Waals surface area contributed by atoms with Gasteiger partial charge in [-0.1, -0.05) is 31.5 Å². The molecule has 0 fully saturated rings. The van der Waals surface area contributed by atoms with Crippen LogP contribution in [0.25, 0.3) is 33.0 Å². The fraction of sp³-hybridized carbons (Fsp3) is 0.176. The van der Waals surface area contributed by atoms with Crippen molar-refractivity contribution in [2.75, 3.05) is 0 Å². The summed E-state index contributed by atoms with van der Waals surface area (Å²) in [6, 6.07) is 14.6. The summed E-state index contributed by atoms with van der Waals surface area (Å²) in [6.45, 7) is 2.19. The van der Waals surface area contributed by atoms with E-state index in [-0.39, 0.29) is 0 Å². The molecule has 20 heavy (non-hydrogen) atoms. The number of aryl methyl sites for hydroxylation is 1. The molecule has 0 radical (unpaired) electrons. The SMILES string of the molecule is CCCc1ccc2nc3nc4ccccc4c3cc2[nH]1. The Morgan fingerprint density at radius 1 is 0.950 bits per heavy atom. The van der Waals surface area contributed by atoms with Gasteiger partial charge in [0.1, 0.15) is 0 Å². The van der Waals surface area contributed by atoms with E-state index in [4.69, 9.17) is 0 Å². The molecule has 0 saturated heterocycles. The molecule has 0 bridgehead atoms. The van der Waals surface area contributed by atoms with Gasteiger partial charge in [-0.25, -0.2) is 9.97 Å². The van der Waals surface area contributed by atoms with Crippen LogP contribution in [-0.2, 0) is 6.42 Å². The lowest BCUT2D eigenvalue weighted by Crippen LogP contribution is -1.91. The van der Waals surface area contributed by atoms with Gasteiger partial charge in [0.05, 0.1) is 16.6 Å². The maximum atomic E-state index is 4.67. The third kappa shape index (κ3) is 1.67. The van der Waals surface area contributed by atoms with Crippen LogP contribution in [0.15, 0.2) is 42.5 Å². The summed E-state index contributed by atoms with van der Waals surface area (Å²) < 4.78 is 0. The van der Waals surface area contributed by atoms with Crippen molar-refractivity contribution in [3.05, 3.63) is 48.2 Å². The second kappa shape index (κ2) is 4.30. The number of rotatable bonds is 2. The van der Waals surface area contributed by atoms with Gasteiger partial charge in [-0.2, -0.15) is 0 Å². The summed E-state index contributed by atoms with van der Waals surface area (Å²) in [4.78, 5) is 12.8. The second-order valence-corrected chi connectivity index (χ2v) is 5.15. The fourth-order valence-corrected chi connectivity index (χ4v) is 2.75. The molecule has 0 aliphatic heterocycles. The van der Waals surface area contributed by atoms with E-state index in [1.165, 1.54) is 11.1 Å². The molecule has 4 rings (SSSR count). The van der Waals surface area contributed by atoms with E-state index in [0.29, 0.717) is 0 Å². The molecule has 1 N–H and O–H groups in total. The third-order valence-electron chi connectivity index (χ3n) is 3.71. The number of nitrogens with one attached hydrogen (secondary N) is 1. The van der Waals surface area contributed by atoms with Gasteiger partial charge in [0.2, 0.25) is 0 Å². The Morgan fingerprint density at radius 2 is 1.80 bits per heavy atom. The molecule has 0 amide bonds. The molecule has 1 aromatic carbocycles. The summed E-state index contributed by atoms with van der Waals surface area (Å²) in [5.41, 5.74) is 5.15. The molecule has 3 heteroatoms. The van der Waals surface area contributed by atoms with Crippen molar-refractivity contribution < 1.29 is 0 Å². The van der Waals surface area contributed by atoms with Crippen molar-refractivity contribution in [3.8, 4) is 0 Å². The summed E-state index contributed by atoms with van der Waals surface area (Å²) in [7, 11) is 0. The van der Waals surface area contributed by atoms with Crippen LogP contribution >= 0.6 is 0 Å². The summed E-state index contributed by atoms with van der Waals surface area (Å²) in [6.07, 6.45) is 2.20. The Hall–Kier alpha value is -2.42. The highest BCUT2D eigenvalue weighted by Gasteiger charge is 2.08. The Bertz CT molecular complexity index is 921. The smallest absolute Gasteiger partial charge is 0.161 e. The predicted octanol–water partition coefficient (Wildman–Crippen LogP) is 4.22. The van der Waals surface area contributed by atoms with Gasteiger partial charge < -0.3 is 4.98 Å². The zero-order chi connectivity index (χ0) is 13.5. The first-order valence-corrected chi connectivity index (χ1v) is 7.02. The summed E-state index contributed by atoms with van der Waals surface area (Å²) in [5.74, 6) is 0. The van der Waals surface area contributed by atoms with Gasteiger partial charge in [-0.05, 0) is 30.7 Å². The number of para-hydroxylation sites is 1. The third-order valence-corrected chi connectivity index (χ3v) is 3.71. The van der Waals surface area contributed by atoms with Gasteiger partial charge in [0, 0.05) is 16.5 Å². The lowest BCUT2D eigenvalue weighted by molar-refractivity contribution is 0.889. The van der Waals surface area contributed by atoms with Crippen LogP contribution in [0.1, 0.15) is 19.0 Å². The van der Waals surface area contributed by atoms with Crippen molar-refractivity contribution in [2.24, 2.45) is 0 Å². The second-order valence-electron chi connectivity index (χ2n) is 5.15. The number of nitrogens with zero attached hydrogens (tertiary/aromatic N) is 2. The predicted molar refractivity (Wildman–Crippen MR) is 82.9 cm³/mol. The largest absolute Gasteiger partial charge is 0.357 e. The number of benzene rings is 1. The lowest BCUT2D eigenvalue weighted by Gasteiger charge is -2.03. The van der Waals surface area contributed by atoms with Crippen LogP contribution in [0.3, 0.4) is 0 Å². The molecule has 4 aromatic rings. The topological polar surface area (TPSA) is 41.6 Å². The molecule has 3 nitrogen and oxygen atoms in total. The average molecular weight is 261 g/mol. The van der Waals surface area contributed by atoms with Crippen molar-refractivity contribution >= 4 is 33.0 Å². The highest BCUT2D eigenvalue weighted by atomic mass is 14.9. The van der Waals surface area contributed by atoms with E-state index < -0.39 is 0 Å². The average Bonchev–Trinajstić information content (AvgIpc) is 2.83. The monoisotopic (exact) mass is 261 g/mol. The Balaban J connectivity index is 2.06. The van der Waals surface area contributed by atoms with Crippen molar-refractivity contribution in [1.29, 1.82) is 0 Å². The van der Waals surface area contributed by atoms with Crippen LogP contribution in [0, 0.1) is 0 Å². The van der Waals surface area contributed by atoms with E-state index in [9.17, 15) is 0 Å². The quantitative estimate of drug-likeness (QED) is 0.587. The van der Waals surface area contributed by atoms with Gasteiger partial charge in [-0.3, -0.25) is 0 Å². The Morgan fingerprint density at radius 3 is 2.70 bits per heavy atom. The number of aromatic amines is 1. The van der Waals surface area contributed by atoms with E-state index in [0.717, 1.165) is 40.4 Å². The molecule has 98 valence electrons. The molecule has 0 unspecified atom stereocenters. The van der Waals surface area contributed by atoms with Crippen LogP contribution in [0.5, 0.6) is 0 Å². The maximum absolute atomic E-state index is 4.67. The highest BCUT2D eigenvalue weighted by molar-refractivity contribution is 6.08. The maximum Gasteiger partial charge on any atom is 0.161 e. The van der Waals surface area contributed by atoms with Crippen LogP contribution < -0.4 is 0 Å². The van der Waals surface area contributed by atoms with Crippen molar-refractivity contribution in [2.45, 2.75) is 19.8 Å². The molecule has 0 aliphatic carbocycles. The van der Waals surface area contributed by atoms with E-state index >= 15 is 0 Å². The standard InChI is InChI=1S/C17H15N3/c1-2-5-11-8-9-15-16(18-11)10-13-12-6-3-4-7-14(12)19-17(13)20-15/h3-4,6-10,18H,2,5H2,1H3. The molecule has 0 atom stereocenters. The first-order valence-electron chi connectivity index (χ1n) is 7.02. The fourth-order valence-electron chi connectivity index (χ4n) is 2.75. The molecule has 0 spiro atoms. The number of fused-ring (bicyclic) bond motifs is 4. The number of hydrogen-bond donors (Lipinski definition) is 1. The van der Waals surface area contributed by atoms with Crippen LogP contribution in [0.4, 0.5) is 0 Å². The highest BCUT2D eigenvalue weighted by Crippen LogP contribution is 2.26. The zero-order valence-electron chi connectivity index (χ0n) is 11.4. The number of pyridine rings is 2. The minimum atomic E-state index is 0.829. The van der Waals surface area contributed by atoms with Gasteiger partial charge in [-0.15, -0.1) is 0 Å². The van der Waals surface area contributed by atoms with Crippen LogP contribution in [0.2, 0.25) is 0 Å². The van der Waals surface area contributed by atoms with Crippen LogP contribution in [-0.4, -0.2) is 15.0 Å². The zero-order valence-corrected chi connectivity index (χ0v) is 11.4. The van der Waals surface area contributed by atoms with Gasteiger partial charge in [0.15, 0.2) is 5.65 Å². The van der Waals surface area contributed by atoms with E-state index in [1.807, 2.05) is 18.2 Å². The minimum Gasteiger partial charge on any atom is -0.357 e. The molecule has 0 saturated carbocycles. The van der Waals surface area contributed by atoms with Crippen molar-refractivity contribution in [3.63, 3.8) is 0 Å². The summed E-state index contributed by atoms with van der Waals surface area (Å²) in [5, 5.41) is 2.30. The molecule has 0 aliphatic rings. The van der Waals surface area contributed by atoms with Crippen molar-refractivity contribution in [1.82, 2.24) is 15.0 Å². The minimum absolute atomic E-state index is 0.829. The number of aromatic nitrogens is 3. The van der Waals surface area contributed by atoms with E-state index in [2.05, 4.69) is 46.1 Å². The molecular weight excluding hydrogens is 246 g/mol. The number of hydrogen-bond acceptors (Lipinski definition) is 2. The van der Waals surface area contributed by atoms with Gasteiger partial charge in [0.25, 0.3) is 0 Å². The first kappa shape index (κ1) is 11.4. The number of H-pyrrole nitrogens is 1. The molecule has 3 heterocycles. The molecule has 3 aromatic heterocycles. The van der Waals surface area contributed by atoms with Gasteiger partial charge >= 0.3 is 0 Å². The first-order chi connectivity index (χ1) is 9.85. The Labute approximate surface area is 116 Å². The lowest BCUT2D eigenvalue weighted by atomic mass is 10.1. The normalized spacial score (nSPS) is 11.7.